The lowest BCUT2D eigenvalue weighted by atomic mass is 9.85. The zero-order valence-corrected chi connectivity index (χ0v) is 16.9. The van der Waals surface area contributed by atoms with E-state index in [1.54, 1.807) is 14.0 Å². The van der Waals surface area contributed by atoms with Gasteiger partial charge >= 0.3 is 5.97 Å². The third-order valence-electron chi connectivity index (χ3n) is 3.89. The van der Waals surface area contributed by atoms with E-state index in [0.717, 1.165) is 31.7 Å². The number of fused-ring (bicyclic) bond motifs is 1. The molecule has 1 aromatic rings. The minimum Gasteiger partial charge on any atom is -0.497 e. The van der Waals surface area contributed by atoms with Gasteiger partial charge in [-0.3, -0.25) is 0 Å². The second kappa shape index (κ2) is 7.05. The first-order chi connectivity index (χ1) is 11.9. The summed E-state index contributed by atoms with van der Waals surface area (Å²) in [6, 6.07) is 5.91. The smallest absolute Gasteiger partial charge is 0.345 e. The van der Waals surface area contributed by atoms with Crippen LogP contribution in [0.15, 0.2) is 32.7 Å². The number of ether oxygens (including phenoxy) is 2. The van der Waals surface area contributed by atoms with E-state index in [2.05, 4.69) is 19.2 Å². The molecule has 2 aliphatic rings. The highest BCUT2D eigenvalue weighted by atomic mass is 32.2. The molecule has 0 saturated carbocycles. The van der Waals surface area contributed by atoms with Crippen molar-refractivity contribution in [1.82, 2.24) is 0 Å². The van der Waals surface area contributed by atoms with Gasteiger partial charge in [-0.05, 0) is 44.4 Å². The van der Waals surface area contributed by atoms with Gasteiger partial charge in [0.05, 0.1) is 23.5 Å². The highest BCUT2D eigenvalue weighted by Crippen LogP contribution is 2.51. The first-order valence-corrected chi connectivity index (χ1v) is 9.95. The molecule has 1 aromatic carbocycles. The van der Waals surface area contributed by atoms with Crippen LogP contribution in [0.5, 0.6) is 5.75 Å². The number of methoxy groups -OCH3 is 1. The van der Waals surface area contributed by atoms with E-state index < -0.39 is 0 Å². The van der Waals surface area contributed by atoms with Crippen molar-refractivity contribution < 1.29 is 14.3 Å². The Balaban J connectivity index is 2.06. The van der Waals surface area contributed by atoms with Crippen LogP contribution in [0.2, 0.25) is 0 Å². The molecule has 0 amide bonds. The van der Waals surface area contributed by atoms with Crippen molar-refractivity contribution >= 4 is 57.8 Å². The van der Waals surface area contributed by atoms with Gasteiger partial charge in [-0.15, -0.1) is 0 Å². The Morgan fingerprint density at radius 2 is 2.12 bits per heavy atom. The number of rotatable bonds is 3. The number of hydrogen-bond donors (Lipinski definition) is 1. The van der Waals surface area contributed by atoms with E-state index in [-0.39, 0.29) is 11.5 Å². The van der Waals surface area contributed by atoms with Crippen LogP contribution in [-0.2, 0) is 9.53 Å². The first-order valence-electron chi connectivity index (χ1n) is 7.85. The topological polar surface area (TPSA) is 47.6 Å². The molecule has 0 spiro atoms. The Labute approximate surface area is 161 Å². The van der Waals surface area contributed by atoms with Crippen molar-refractivity contribution in [3.05, 3.63) is 38.3 Å². The average molecular weight is 394 g/mol. The molecule has 0 saturated heterocycles. The molecule has 0 unspecified atom stereocenters. The molecule has 1 N–H and O–H groups in total. The van der Waals surface area contributed by atoms with Crippen LogP contribution in [0.25, 0.3) is 5.57 Å². The van der Waals surface area contributed by atoms with E-state index in [1.165, 1.54) is 23.5 Å². The van der Waals surface area contributed by atoms with E-state index in [0.29, 0.717) is 11.5 Å². The molecule has 0 aromatic heterocycles. The van der Waals surface area contributed by atoms with Gasteiger partial charge in [-0.25, -0.2) is 4.79 Å². The fourth-order valence-corrected chi connectivity index (χ4v) is 5.29. The van der Waals surface area contributed by atoms with Crippen LogP contribution in [0.4, 0.5) is 5.69 Å². The third kappa shape index (κ3) is 3.45. The number of carbonyl (C=O) groups excluding carboxylic acids is 1. The van der Waals surface area contributed by atoms with Crippen LogP contribution in [0, 0.1) is 0 Å². The molecule has 25 heavy (non-hydrogen) atoms. The Bertz CT molecular complexity index is 812. The number of nitrogens with one attached hydrogen (secondary N) is 1. The van der Waals surface area contributed by atoms with Gasteiger partial charge in [0, 0.05) is 21.7 Å². The predicted molar refractivity (Wildman–Crippen MR) is 110 cm³/mol. The maximum absolute atomic E-state index is 12.0. The minimum atomic E-state index is -0.354. The first kappa shape index (κ1) is 18.4. The van der Waals surface area contributed by atoms with E-state index in [9.17, 15) is 4.79 Å². The maximum atomic E-state index is 12.0. The summed E-state index contributed by atoms with van der Waals surface area (Å²) in [6.45, 7) is 6.29. The summed E-state index contributed by atoms with van der Waals surface area (Å²) in [7, 11) is 1.65. The van der Waals surface area contributed by atoms with E-state index >= 15 is 0 Å². The van der Waals surface area contributed by atoms with Crippen molar-refractivity contribution in [2.75, 3.05) is 19.0 Å². The van der Waals surface area contributed by atoms with Gasteiger partial charge in [0.15, 0.2) is 0 Å². The van der Waals surface area contributed by atoms with Crippen LogP contribution >= 0.6 is 35.7 Å². The second-order valence-corrected chi connectivity index (χ2v) is 8.67. The largest absolute Gasteiger partial charge is 0.497 e. The highest BCUT2D eigenvalue weighted by Gasteiger charge is 2.37. The molecular formula is C18H19NO3S3. The number of benzene rings is 1. The van der Waals surface area contributed by atoms with Crippen LogP contribution in [0.3, 0.4) is 0 Å². The average Bonchev–Trinajstić information content (AvgIpc) is 3.05. The zero-order chi connectivity index (χ0) is 18.2. The summed E-state index contributed by atoms with van der Waals surface area (Å²) in [4.78, 5) is 13.4. The molecule has 7 heteroatoms. The molecule has 2 aliphatic heterocycles. The van der Waals surface area contributed by atoms with Gasteiger partial charge in [-0.1, -0.05) is 35.7 Å². The van der Waals surface area contributed by atoms with Crippen molar-refractivity contribution in [3.8, 4) is 5.75 Å². The highest BCUT2D eigenvalue weighted by molar-refractivity contribution is 8.28. The molecule has 0 radical (unpaired) electrons. The van der Waals surface area contributed by atoms with Gasteiger partial charge in [0.2, 0.25) is 0 Å². The SMILES string of the molecule is CCOC(=O)C1=CS/C(=C2\C(=S)C(C)(C)Nc3ccc(OC)cc32)S1. The summed E-state index contributed by atoms with van der Waals surface area (Å²) in [5, 5.41) is 5.32. The molecule has 0 bridgehead atoms. The number of thioether (sulfide) groups is 2. The Hall–Kier alpha value is -1.44. The standard InChI is InChI=1S/C18H19NO3S3/c1-5-22-16(20)13-9-24-17(25-13)14-11-8-10(21-4)6-7-12(11)19-18(2,3)15(14)23/h6-9,19H,5H2,1-4H3/b17-14+. The van der Waals surface area contributed by atoms with Crippen molar-refractivity contribution in [2.45, 2.75) is 26.3 Å². The number of anilines is 1. The monoisotopic (exact) mass is 393 g/mol. The Morgan fingerprint density at radius 3 is 2.80 bits per heavy atom. The van der Waals surface area contributed by atoms with E-state index in [1.807, 2.05) is 23.6 Å². The molecule has 132 valence electrons. The zero-order valence-electron chi connectivity index (χ0n) is 14.5. The number of thiocarbonyl (C=S) groups is 1. The van der Waals surface area contributed by atoms with Gasteiger partial charge in [0.1, 0.15) is 10.7 Å². The minimum absolute atomic E-state index is 0.291. The van der Waals surface area contributed by atoms with Gasteiger partial charge in [0.25, 0.3) is 0 Å². The normalized spacial score (nSPS) is 21.3. The lowest BCUT2D eigenvalue weighted by Crippen LogP contribution is -2.43. The van der Waals surface area contributed by atoms with Crippen molar-refractivity contribution in [3.63, 3.8) is 0 Å². The third-order valence-corrected chi connectivity index (χ3v) is 6.96. The predicted octanol–water partition coefficient (Wildman–Crippen LogP) is 4.82. The Morgan fingerprint density at radius 1 is 1.36 bits per heavy atom. The molecule has 2 heterocycles. The molecule has 0 atom stereocenters. The Kier molecular flexibility index (Phi) is 5.18. The molecule has 0 fully saturated rings. The summed E-state index contributed by atoms with van der Waals surface area (Å²) in [5.74, 6) is 0.480. The summed E-state index contributed by atoms with van der Waals surface area (Å²) < 4.78 is 11.5. The number of hydrogen-bond acceptors (Lipinski definition) is 7. The summed E-state index contributed by atoms with van der Waals surface area (Å²) in [5.41, 5.74) is 2.63. The van der Waals surface area contributed by atoms with Crippen LogP contribution in [-0.4, -0.2) is 30.1 Å². The van der Waals surface area contributed by atoms with Crippen molar-refractivity contribution in [1.29, 1.82) is 0 Å². The van der Waals surface area contributed by atoms with Crippen molar-refractivity contribution in [2.24, 2.45) is 0 Å². The second-order valence-electron chi connectivity index (χ2n) is 6.08. The maximum Gasteiger partial charge on any atom is 0.345 e. The molecule has 4 nitrogen and oxygen atoms in total. The lowest BCUT2D eigenvalue weighted by Gasteiger charge is -2.37. The quantitative estimate of drug-likeness (QED) is 0.449. The fourth-order valence-electron chi connectivity index (χ4n) is 2.65. The number of carbonyl (C=O) groups is 1. The summed E-state index contributed by atoms with van der Waals surface area (Å²) >= 11 is 8.72. The molecular weight excluding hydrogens is 374 g/mol. The lowest BCUT2D eigenvalue weighted by molar-refractivity contribution is -0.137. The van der Waals surface area contributed by atoms with Crippen LogP contribution in [0.1, 0.15) is 26.3 Å². The molecule has 0 aliphatic carbocycles. The summed E-state index contributed by atoms with van der Waals surface area (Å²) in [6.07, 6.45) is 0. The van der Waals surface area contributed by atoms with Gasteiger partial charge in [-0.2, -0.15) is 0 Å². The van der Waals surface area contributed by atoms with E-state index in [4.69, 9.17) is 21.7 Å². The van der Waals surface area contributed by atoms with Gasteiger partial charge < -0.3 is 14.8 Å². The molecule has 3 rings (SSSR count). The van der Waals surface area contributed by atoms with Crippen LogP contribution < -0.4 is 10.1 Å². The fraction of sp³-hybridized carbons (Fsp3) is 0.333. The number of esters is 1.